The van der Waals surface area contributed by atoms with Crippen LogP contribution in [-0.4, -0.2) is 10.2 Å². The van der Waals surface area contributed by atoms with Crippen molar-refractivity contribution >= 4 is 0 Å². The molecule has 2 nitrogen and oxygen atoms in total. The zero-order valence-corrected chi connectivity index (χ0v) is 13.2. The molecule has 2 atom stereocenters. The topological polar surface area (TPSA) is 40.5 Å². The Morgan fingerprint density at radius 2 is 1.05 bits per heavy atom. The van der Waals surface area contributed by atoms with Gasteiger partial charge in [-0.1, -0.05) is 64.1 Å². The normalized spacial score (nSPS) is 14.7. The first-order valence-corrected chi connectivity index (χ1v) is 7.41. The molecule has 112 valence electrons. The molecule has 0 aliphatic heterocycles. The van der Waals surface area contributed by atoms with Crippen molar-refractivity contribution in [3.8, 4) is 11.5 Å². The third kappa shape index (κ3) is 2.90. The predicted octanol–water partition coefficient (Wildman–Crippen LogP) is 5.03. The van der Waals surface area contributed by atoms with Crippen LogP contribution < -0.4 is 0 Å². The molecule has 0 aliphatic rings. The standard InChI is InChI=1S/C19H24O2/c1-13(15-9-5-7-11-17(15)20)19(3,4)14(2)16-10-6-8-12-18(16)21/h5-14,20-21H,1-4H3. The molecule has 0 fully saturated rings. The summed E-state index contributed by atoms with van der Waals surface area (Å²) in [6, 6.07) is 15.0. The monoisotopic (exact) mass is 284 g/mol. The van der Waals surface area contributed by atoms with Gasteiger partial charge in [-0.3, -0.25) is 0 Å². The first kappa shape index (κ1) is 15.4. The maximum Gasteiger partial charge on any atom is 0.119 e. The van der Waals surface area contributed by atoms with E-state index in [1.807, 2.05) is 36.4 Å². The van der Waals surface area contributed by atoms with E-state index in [2.05, 4.69) is 27.7 Å². The summed E-state index contributed by atoms with van der Waals surface area (Å²) in [6.07, 6.45) is 0. The Hall–Kier alpha value is -1.96. The highest BCUT2D eigenvalue weighted by Crippen LogP contribution is 2.49. The van der Waals surface area contributed by atoms with Crippen molar-refractivity contribution in [3.63, 3.8) is 0 Å². The van der Waals surface area contributed by atoms with Crippen LogP contribution in [0, 0.1) is 5.41 Å². The van der Waals surface area contributed by atoms with Gasteiger partial charge in [-0.25, -0.2) is 0 Å². The van der Waals surface area contributed by atoms with Crippen molar-refractivity contribution < 1.29 is 10.2 Å². The molecule has 0 saturated carbocycles. The van der Waals surface area contributed by atoms with Crippen LogP contribution in [-0.2, 0) is 0 Å². The van der Waals surface area contributed by atoms with Gasteiger partial charge >= 0.3 is 0 Å². The maximum atomic E-state index is 10.1. The second kappa shape index (κ2) is 5.80. The Balaban J connectivity index is 2.37. The lowest BCUT2D eigenvalue weighted by molar-refractivity contribution is 0.239. The van der Waals surface area contributed by atoms with Gasteiger partial charge in [0.15, 0.2) is 0 Å². The highest BCUT2D eigenvalue weighted by atomic mass is 16.3. The summed E-state index contributed by atoms with van der Waals surface area (Å²) < 4.78 is 0. The second-order valence-electron chi connectivity index (χ2n) is 6.38. The minimum atomic E-state index is -0.113. The highest BCUT2D eigenvalue weighted by molar-refractivity contribution is 5.39. The number of phenolic OH excluding ortho intramolecular Hbond substituents is 2. The van der Waals surface area contributed by atoms with Crippen molar-refractivity contribution in [3.05, 3.63) is 59.7 Å². The molecule has 2 unspecified atom stereocenters. The van der Waals surface area contributed by atoms with Crippen LogP contribution in [0.2, 0.25) is 0 Å². The fourth-order valence-corrected chi connectivity index (χ4v) is 2.88. The molecule has 2 aromatic rings. The van der Waals surface area contributed by atoms with E-state index < -0.39 is 0 Å². The third-order valence-corrected chi connectivity index (χ3v) is 5.04. The number of para-hydroxylation sites is 2. The van der Waals surface area contributed by atoms with E-state index in [4.69, 9.17) is 0 Å². The quantitative estimate of drug-likeness (QED) is 0.826. The average Bonchev–Trinajstić information content (AvgIpc) is 2.47. The van der Waals surface area contributed by atoms with Gasteiger partial charge in [-0.05, 0) is 40.5 Å². The average molecular weight is 284 g/mol. The molecular weight excluding hydrogens is 260 g/mol. The zero-order chi connectivity index (χ0) is 15.6. The molecule has 2 aromatic carbocycles. The van der Waals surface area contributed by atoms with Gasteiger partial charge in [-0.2, -0.15) is 0 Å². The summed E-state index contributed by atoms with van der Waals surface area (Å²) in [5, 5.41) is 20.2. The van der Waals surface area contributed by atoms with Crippen molar-refractivity contribution in [2.24, 2.45) is 5.41 Å². The molecule has 0 radical (unpaired) electrons. The van der Waals surface area contributed by atoms with Gasteiger partial charge in [0.2, 0.25) is 0 Å². The molecule has 0 spiro atoms. The summed E-state index contributed by atoms with van der Waals surface area (Å²) in [5.41, 5.74) is 1.78. The lowest BCUT2D eigenvalue weighted by Crippen LogP contribution is -2.26. The smallest absolute Gasteiger partial charge is 0.119 e. The van der Waals surface area contributed by atoms with Crippen LogP contribution in [0.15, 0.2) is 48.5 Å². The molecule has 0 heterocycles. The summed E-state index contributed by atoms with van der Waals surface area (Å²) in [6.45, 7) is 8.62. The summed E-state index contributed by atoms with van der Waals surface area (Å²) >= 11 is 0. The Morgan fingerprint density at radius 3 is 1.38 bits per heavy atom. The Kier molecular flexibility index (Phi) is 4.26. The Morgan fingerprint density at radius 1 is 0.714 bits per heavy atom. The second-order valence-corrected chi connectivity index (χ2v) is 6.38. The lowest BCUT2D eigenvalue weighted by atomic mass is 9.66. The Bertz CT molecular complexity index is 563. The van der Waals surface area contributed by atoms with E-state index in [-0.39, 0.29) is 17.3 Å². The number of benzene rings is 2. The highest BCUT2D eigenvalue weighted by Gasteiger charge is 2.35. The van der Waals surface area contributed by atoms with E-state index in [0.29, 0.717) is 11.5 Å². The molecule has 0 aliphatic carbocycles. The van der Waals surface area contributed by atoms with E-state index in [1.54, 1.807) is 12.1 Å². The molecule has 0 amide bonds. The molecule has 2 heteroatoms. The number of hydrogen-bond acceptors (Lipinski definition) is 2. The first-order chi connectivity index (χ1) is 9.85. The number of hydrogen-bond donors (Lipinski definition) is 2. The van der Waals surface area contributed by atoms with Gasteiger partial charge in [0, 0.05) is 0 Å². The fourth-order valence-electron chi connectivity index (χ4n) is 2.88. The van der Waals surface area contributed by atoms with Crippen LogP contribution in [0.1, 0.15) is 50.7 Å². The van der Waals surface area contributed by atoms with Crippen molar-refractivity contribution in [1.82, 2.24) is 0 Å². The van der Waals surface area contributed by atoms with Crippen LogP contribution in [0.5, 0.6) is 11.5 Å². The van der Waals surface area contributed by atoms with Gasteiger partial charge in [0.05, 0.1) is 0 Å². The number of rotatable bonds is 4. The third-order valence-electron chi connectivity index (χ3n) is 5.04. The van der Waals surface area contributed by atoms with E-state index in [1.165, 1.54) is 0 Å². The minimum Gasteiger partial charge on any atom is -0.508 e. The van der Waals surface area contributed by atoms with Gasteiger partial charge < -0.3 is 10.2 Å². The number of aromatic hydroxyl groups is 2. The van der Waals surface area contributed by atoms with Crippen molar-refractivity contribution in [2.45, 2.75) is 39.5 Å². The summed E-state index contributed by atoms with van der Waals surface area (Å²) in [4.78, 5) is 0. The van der Waals surface area contributed by atoms with Crippen LogP contribution in [0.4, 0.5) is 0 Å². The summed E-state index contributed by atoms with van der Waals surface area (Å²) in [5.74, 6) is 0.992. The molecular formula is C19H24O2. The lowest BCUT2D eigenvalue weighted by Gasteiger charge is -2.38. The minimum absolute atomic E-state index is 0.113. The summed E-state index contributed by atoms with van der Waals surface area (Å²) in [7, 11) is 0. The van der Waals surface area contributed by atoms with Crippen molar-refractivity contribution in [2.75, 3.05) is 0 Å². The molecule has 21 heavy (non-hydrogen) atoms. The van der Waals surface area contributed by atoms with Crippen LogP contribution >= 0.6 is 0 Å². The molecule has 0 aromatic heterocycles. The molecule has 2 rings (SSSR count). The predicted molar refractivity (Wildman–Crippen MR) is 86.8 cm³/mol. The van der Waals surface area contributed by atoms with Gasteiger partial charge in [-0.15, -0.1) is 0 Å². The largest absolute Gasteiger partial charge is 0.508 e. The molecule has 0 saturated heterocycles. The maximum absolute atomic E-state index is 10.1. The molecule has 2 N–H and O–H groups in total. The fraction of sp³-hybridized carbons (Fsp3) is 0.368. The van der Waals surface area contributed by atoms with Crippen LogP contribution in [0.25, 0.3) is 0 Å². The van der Waals surface area contributed by atoms with Crippen LogP contribution in [0.3, 0.4) is 0 Å². The number of phenols is 2. The molecule has 0 bridgehead atoms. The Labute approximate surface area is 127 Å². The SMILES string of the molecule is CC(c1ccccc1O)C(C)(C)C(C)c1ccccc1O. The van der Waals surface area contributed by atoms with E-state index in [0.717, 1.165) is 11.1 Å². The van der Waals surface area contributed by atoms with Gasteiger partial charge in [0.25, 0.3) is 0 Å². The first-order valence-electron chi connectivity index (χ1n) is 7.41. The van der Waals surface area contributed by atoms with Crippen molar-refractivity contribution in [1.29, 1.82) is 0 Å². The van der Waals surface area contributed by atoms with Gasteiger partial charge in [0.1, 0.15) is 11.5 Å². The van der Waals surface area contributed by atoms with E-state index >= 15 is 0 Å². The van der Waals surface area contributed by atoms with E-state index in [9.17, 15) is 10.2 Å². The zero-order valence-electron chi connectivity index (χ0n) is 13.2.